The summed E-state index contributed by atoms with van der Waals surface area (Å²) in [7, 11) is -3.83. The van der Waals surface area contributed by atoms with Crippen LogP contribution in [0.1, 0.15) is 5.56 Å². The Balaban J connectivity index is 2.38. The summed E-state index contributed by atoms with van der Waals surface area (Å²) < 4.78 is 39.8. The Labute approximate surface area is 126 Å². The first kappa shape index (κ1) is 15.1. The first-order valence-corrected chi connectivity index (χ1v) is 7.77. The van der Waals surface area contributed by atoms with Gasteiger partial charge in [0.15, 0.2) is 0 Å². The molecule has 2 aromatic rings. The number of rotatable bonds is 3. The van der Waals surface area contributed by atoms with E-state index in [0.717, 1.165) is 18.2 Å². The molecular weight excluding hydrogens is 324 g/mol. The SMILES string of the molecule is Cc1cc(Cl)ccc1NS(=O)(=O)c1ccc(F)c(Cl)c1. The van der Waals surface area contributed by atoms with Gasteiger partial charge in [-0.2, -0.15) is 0 Å². The van der Waals surface area contributed by atoms with Gasteiger partial charge in [-0.1, -0.05) is 23.2 Å². The smallest absolute Gasteiger partial charge is 0.261 e. The van der Waals surface area contributed by atoms with Crippen LogP contribution in [0.2, 0.25) is 10.0 Å². The minimum atomic E-state index is -3.83. The van der Waals surface area contributed by atoms with Crippen molar-refractivity contribution >= 4 is 38.9 Å². The summed E-state index contributed by atoms with van der Waals surface area (Å²) in [6, 6.07) is 7.98. The van der Waals surface area contributed by atoms with Crippen LogP contribution in [-0.4, -0.2) is 8.42 Å². The normalized spacial score (nSPS) is 11.4. The maximum atomic E-state index is 13.1. The summed E-state index contributed by atoms with van der Waals surface area (Å²) in [5.41, 5.74) is 1.07. The molecule has 2 aromatic carbocycles. The molecule has 2 rings (SSSR count). The molecule has 7 heteroatoms. The van der Waals surface area contributed by atoms with Gasteiger partial charge in [0.2, 0.25) is 0 Å². The lowest BCUT2D eigenvalue weighted by Gasteiger charge is -2.11. The van der Waals surface area contributed by atoms with E-state index in [1.165, 1.54) is 0 Å². The molecule has 1 N–H and O–H groups in total. The standard InChI is InChI=1S/C13H10Cl2FNO2S/c1-8-6-9(14)2-5-13(8)17-20(18,19)10-3-4-12(16)11(15)7-10/h2-7,17H,1H3. The molecule has 0 amide bonds. The third kappa shape index (κ3) is 3.23. The molecule has 0 radical (unpaired) electrons. The zero-order chi connectivity index (χ0) is 14.9. The molecule has 0 aliphatic rings. The average Bonchev–Trinajstić information content (AvgIpc) is 2.36. The van der Waals surface area contributed by atoms with Gasteiger partial charge in [-0.15, -0.1) is 0 Å². The first-order chi connectivity index (χ1) is 9.29. The Morgan fingerprint density at radius 1 is 1.10 bits per heavy atom. The lowest BCUT2D eigenvalue weighted by molar-refractivity contribution is 0.599. The van der Waals surface area contributed by atoms with Crippen molar-refractivity contribution in [2.45, 2.75) is 11.8 Å². The Bertz CT molecular complexity index is 763. The molecule has 106 valence electrons. The highest BCUT2D eigenvalue weighted by Gasteiger charge is 2.17. The molecule has 0 saturated heterocycles. The molecule has 3 nitrogen and oxygen atoms in total. The van der Waals surface area contributed by atoms with Crippen LogP contribution in [0, 0.1) is 12.7 Å². The zero-order valence-electron chi connectivity index (χ0n) is 10.3. The minimum absolute atomic E-state index is 0.113. The number of benzene rings is 2. The molecule has 0 saturated carbocycles. The highest BCUT2D eigenvalue weighted by molar-refractivity contribution is 7.92. The molecule has 0 heterocycles. The largest absolute Gasteiger partial charge is 0.279 e. The van der Waals surface area contributed by atoms with E-state index in [1.54, 1.807) is 25.1 Å². The van der Waals surface area contributed by atoms with Crippen LogP contribution in [0.4, 0.5) is 10.1 Å². The summed E-state index contributed by atoms with van der Waals surface area (Å²) >= 11 is 11.4. The van der Waals surface area contributed by atoms with Gasteiger partial charge in [0.05, 0.1) is 15.6 Å². The van der Waals surface area contributed by atoms with Crippen LogP contribution in [-0.2, 0) is 10.0 Å². The van der Waals surface area contributed by atoms with E-state index in [-0.39, 0.29) is 9.92 Å². The Kier molecular flexibility index (Phi) is 4.22. The van der Waals surface area contributed by atoms with Crippen LogP contribution < -0.4 is 4.72 Å². The van der Waals surface area contributed by atoms with Crippen molar-refractivity contribution in [1.82, 2.24) is 0 Å². The van der Waals surface area contributed by atoms with Crippen LogP contribution in [0.15, 0.2) is 41.3 Å². The molecule has 0 aliphatic heterocycles. The van der Waals surface area contributed by atoms with Gasteiger partial charge in [0, 0.05) is 5.02 Å². The van der Waals surface area contributed by atoms with Crippen LogP contribution >= 0.6 is 23.2 Å². The van der Waals surface area contributed by atoms with E-state index in [2.05, 4.69) is 4.72 Å². The van der Waals surface area contributed by atoms with Crippen LogP contribution in [0.3, 0.4) is 0 Å². The minimum Gasteiger partial charge on any atom is -0.279 e. The lowest BCUT2D eigenvalue weighted by Crippen LogP contribution is -2.13. The van der Waals surface area contributed by atoms with Gasteiger partial charge in [0.25, 0.3) is 10.0 Å². The Hall–Kier alpha value is -1.30. The number of hydrogen-bond donors (Lipinski definition) is 1. The maximum Gasteiger partial charge on any atom is 0.261 e. The summed E-state index contributed by atoms with van der Waals surface area (Å²) in [5, 5.41) is 0.260. The van der Waals surface area contributed by atoms with Crippen molar-refractivity contribution in [3.8, 4) is 0 Å². The van der Waals surface area contributed by atoms with Crippen LogP contribution in [0.25, 0.3) is 0 Å². The van der Waals surface area contributed by atoms with E-state index in [4.69, 9.17) is 23.2 Å². The molecule has 0 aliphatic carbocycles. The number of anilines is 1. The molecule has 0 aromatic heterocycles. The second-order valence-electron chi connectivity index (χ2n) is 4.14. The van der Waals surface area contributed by atoms with Crippen molar-refractivity contribution in [1.29, 1.82) is 0 Å². The van der Waals surface area contributed by atoms with Gasteiger partial charge in [0.1, 0.15) is 5.82 Å². The number of sulfonamides is 1. The molecule has 20 heavy (non-hydrogen) atoms. The monoisotopic (exact) mass is 333 g/mol. The van der Waals surface area contributed by atoms with Gasteiger partial charge in [-0.25, -0.2) is 12.8 Å². The second-order valence-corrected chi connectivity index (χ2v) is 6.67. The summed E-state index contributed by atoms with van der Waals surface area (Å²) in [5.74, 6) is -0.673. The maximum absolute atomic E-state index is 13.1. The van der Waals surface area contributed by atoms with Gasteiger partial charge in [-0.3, -0.25) is 4.72 Å². The van der Waals surface area contributed by atoms with Crippen molar-refractivity contribution < 1.29 is 12.8 Å². The molecule has 0 fully saturated rings. The second kappa shape index (κ2) is 5.60. The highest BCUT2D eigenvalue weighted by atomic mass is 35.5. The number of aryl methyl sites for hydroxylation is 1. The molecular formula is C13H10Cl2FNO2S. The number of hydrogen-bond acceptors (Lipinski definition) is 2. The third-order valence-corrected chi connectivity index (χ3v) is 4.52. The predicted molar refractivity (Wildman–Crippen MR) is 78.4 cm³/mol. The third-order valence-electron chi connectivity index (χ3n) is 2.63. The van der Waals surface area contributed by atoms with Crippen LogP contribution in [0.5, 0.6) is 0 Å². The number of halogens is 3. The van der Waals surface area contributed by atoms with E-state index in [1.807, 2.05) is 0 Å². The van der Waals surface area contributed by atoms with Gasteiger partial charge >= 0.3 is 0 Å². The van der Waals surface area contributed by atoms with Crippen molar-refractivity contribution in [3.05, 3.63) is 57.8 Å². The first-order valence-electron chi connectivity index (χ1n) is 5.53. The topological polar surface area (TPSA) is 46.2 Å². The van der Waals surface area contributed by atoms with Crippen molar-refractivity contribution in [2.75, 3.05) is 4.72 Å². The van der Waals surface area contributed by atoms with Gasteiger partial charge in [-0.05, 0) is 48.9 Å². The van der Waals surface area contributed by atoms with E-state index in [0.29, 0.717) is 16.3 Å². The average molecular weight is 334 g/mol. The zero-order valence-corrected chi connectivity index (χ0v) is 12.7. The fourth-order valence-corrected chi connectivity index (χ4v) is 3.22. The number of nitrogens with one attached hydrogen (secondary N) is 1. The quantitative estimate of drug-likeness (QED) is 0.912. The molecule has 0 bridgehead atoms. The van der Waals surface area contributed by atoms with E-state index < -0.39 is 15.8 Å². The van der Waals surface area contributed by atoms with Crippen molar-refractivity contribution in [2.24, 2.45) is 0 Å². The van der Waals surface area contributed by atoms with E-state index in [9.17, 15) is 12.8 Å². The predicted octanol–water partition coefficient (Wildman–Crippen LogP) is 4.24. The van der Waals surface area contributed by atoms with Crippen molar-refractivity contribution in [3.63, 3.8) is 0 Å². The summed E-state index contributed by atoms with van der Waals surface area (Å²) in [6.07, 6.45) is 0. The lowest BCUT2D eigenvalue weighted by atomic mass is 10.2. The summed E-state index contributed by atoms with van der Waals surface area (Å²) in [4.78, 5) is -0.113. The molecule has 0 unspecified atom stereocenters. The van der Waals surface area contributed by atoms with Gasteiger partial charge < -0.3 is 0 Å². The highest BCUT2D eigenvalue weighted by Crippen LogP contribution is 2.24. The van der Waals surface area contributed by atoms with E-state index >= 15 is 0 Å². The summed E-state index contributed by atoms with van der Waals surface area (Å²) in [6.45, 7) is 1.72. The Morgan fingerprint density at radius 2 is 1.80 bits per heavy atom. The molecule has 0 spiro atoms. The Morgan fingerprint density at radius 3 is 2.40 bits per heavy atom. The fourth-order valence-electron chi connectivity index (χ4n) is 1.59. The molecule has 0 atom stereocenters. The fraction of sp³-hybridized carbons (Fsp3) is 0.0769.